The summed E-state index contributed by atoms with van der Waals surface area (Å²) in [5.74, 6) is -0.394. The molecule has 2 aromatic heterocycles. The van der Waals surface area contributed by atoms with Crippen LogP contribution in [0.4, 0.5) is 0 Å². The zero-order valence-corrected chi connectivity index (χ0v) is 16.8. The summed E-state index contributed by atoms with van der Waals surface area (Å²) >= 11 is 7.19. The summed E-state index contributed by atoms with van der Waals surface area (Å²) in [6.45, 7) is 4.15. The number of aromatic nitrogens is 1. The first-order valence-corrected chi connectivity index (χ1v) is 10.6. The van der Waals surface area contributed by atoms with Crippen molar-refractivity contribution in [2.45, 2.75) is 31.8 Å². The monoisotopic (exact) mass is 417 g/mol. The fourth-order valence-corrected chi connectivity index (χ4v) is 4.85. The van der Waals surface area contributed by atoms with Gasteiger partial charge in [0.1, 0.15) is 6.54 Å². The minimum atomic E-state index is -3.70. The van der Waals surface area contributed by atoms with Crippen molar-refractivity contribution in [1.82, 2.24) is 14.2 Å². The maximum atomic E-state index is 12.6. The Bertz CT molecular complexity index is 933. The highest BCUT2D eigenvalue weighted by molar-refractivity contribution is 7.89. The Morgan fingerprint density at radius 3 is 2.50 bits per heavy atom. The summed E-state index contributed by atoms with van der Waals surface area (Å²) in [4.78, 5) is 24.9. The minimum absolute atomic E-state index is 0.0151. The van der Waals surface area contributed by atoms with Crippen LogP contribution >= 0.6 is 22.9 Å². The van der Waals surface area contributed by atoms with Crippen LogP contribution < -0.4 is 10.9 Å². The Labute approximate surface area is 161 Å². The number of sulfonamides is 1. The second-order valence-corrected chi connectivity index (χ2v) is 9.14. The number of nitrogens with zero attached hydrogens (tertiary/aromatic N) is 2. The average Bonchev–Trinajstić information content (AvgIpc) is 3.01. The number of halogens is 1. The van der Waals surface area contributed by atoms with Gasteiger partial charge in [-0.15, -0.1) is 11.3 Å². The molecule has 26 heavy (non-hydrogen) atoms. The molecule has 1 amide bonds. The molecule has 0 saturated carbocycles. The molecular formula is C16H20ClN3O4S2. The van der Waals surface area contributed by atoms with E-state index in [1.165, 1.54) is 27.9 Å². The summed E-state index contributed by atoms with van der Waals surface area (Å²) < 4.78 is 28.1. The molecule has 2 heterocycles. The van der Waals surface area contributed by atoms with E-state index < -0.39 is 21.5 Å². The lowest BCUT2D eigenvalue weighted by Crippen LogP contribution is -2.34. The third kappa shape index (κ3) is 4.94. The smallest absolute Gasteiger partial charge is 0.251 e. The molecule has 0 aromatic carbocycles. The minimum Gasteiger partial charge on any atom is -0.350 e. The van der Waals surface area contributed by atoms with Crippen molar-refractivity contribution in [2.75, 3.05) is 13.1 Å². The molecule has 2 aromatic rings. The summed E-state index contributed by atoms with van der Waals surface area (Å²) in [5.41, 5.74) is -0.446. The van der Waals surface area contributed by atoms with Gasteiger partial charge in [0.15, 0.2) is 0 Å². The van der Waals surface area contributed by atoms with Crippen molar-refractivity contribution < 1.29 is 13.2 Å². The van der Waals surface area contributed by atoms with E-state index in [4.69, 9.17) is 11.6 Å². The molecule has 0 spiro atoms. The second-order valence-electron chi connectivity index (χ2n) is 5.40. The molecule has 0 aliphatic rings. The molecular weight excluding hydrogens is 398 g/mol. The molecule has 0 unspecified atom stereocenters. The quantitative estimate of drug-likeness (QED) is 0.710. The number of hydrogen-bond donors (Lipinski definition) is 1. The van der Waals surface area contributed by atoms with Gasteiger partial charge < -0.3 is 9.88 Å². The number of rotatable bonds is 8. The van der Waals surface area contributed by atoms with E-state index >= 15 is 0 Å². The highest BCUT2D eigenvalue weighted by Gasteiger charge is 2.22. The lowest BCUT2D eigenvalue weighted by atomic mass is 10.4. The lowest BCUT2D eigenvalue weighted by Gasteiger charge is -2.19. The first-order valence-electron chi connectivity index (χ1n) is 7.99. The summed E-state index contributed by atoms with van der Waals surface area (Å²) in [6.07, 6.45) is 1.21. The highest BCUT2D eigenvalue weighted by Crippen LogP contribution is 2.21. The summed E-state index contributed by atoms with van der Waals surface area (Å²) in [5, 5.41) is 2.68. The maximum absolute atomic E-state index is 12.6. The molecule has 1 N–H and O–H groups in total. The van der Waals surface area contributed by atoms with Gasteiger partial charge in [0, 0.05) is 30.2 Å². The Hall–Kier alpha value is -1.68. The molecule has 2 rings (SSSR count). The SMILES string of the molecule is CCN(CC)S(=O)(=O)c1ccc(=O)n(CC(=O)NCc2ccc(Cl)s2)c1. The van der Waals surface area contributed by atoms with Crippen molar-refractivity contribution in [1.29, 1.82) is 0 Å². The van der Waals surface area contributed by atoms with Gasteiger partial charge >= 0.3 is 0 Å². The fourth-order valence-electron chi connectivity index (χ4n) is 2.34. The van der Waals surface area contributed by atoms with E-state index in [2.05, 4.69) is 5.32 Å². The topological polar surface area (TPSA) is 88.5 Å². The van der Waals surface area contributed by atoms with E-state index in [9.17, 15) is 18.0 Å². The van der Waals surface area contributed by atoms with Crippen LogP contribution in [0.25, 0.3) is 0 Å². The number of carbonyl (C=O) groups excluding carboxylic acids is 1. The predicted molar refractivity (Wildman–Crippen MR) is 102 cm³/mol. The average molecular weight is 418 g/mol. The first-order chi connectivity index (χ1) is 12.3. The Kier molecular flexibility index (Phi) is 6.99. The molecule has 0 radical (unpaired) electrons. The van der Waals surface area contributed by atoms with Gasteiger partial charge in [0.2, 0.25) is 15.9 Å². The van der Waals surface area contributed by atoms with Crippen LogP contribution in [0.15, 0.2) is 40.2 Å². The predicted octanol–water partition coefficient (Wildman–Crippen LogP) is 1.91. The van der Waals surface area contributed by atoms with E-state index in [1.54, 1.807) is 26.0 Å². The number of hydrogen-bond acceptors (Lipinski definition) is 5. The normalized spacial score (nSPS) is 11.7. The standard InChI is InChI=1S/C16H20ClN3O4S2/c1-3-20(4-2)26(23,24)13-6-8-16(22)19(10-13)11-15(21)18-9-12-5-7-14(17)25-12/h5-8,10H,3-4,9,11H2,1-2H3,(H,18,21). The largest absolute Gasteiger partial charge is 0.350 e. The molecule has 0 bridgehead atoms. The van der Waals surface area contributed by atoms with Gasteiger partial charge in [-0.25, -0.2) is 8.42 Å². The van der Waals surface area contributed by atoms with Crippen LogP contribution in [0.5, 0.6) is 0 Å². The zero-order valence-electron chi connectivity index (χ0n) is 14.4. The summed E-state index contributed by atoms with van der Waals surface area (Å²) in [7, 11) is -3.70. The van der Waals surface area contributed by atoms with Crippen molar-refractivity contribution in [3.8, 4) is 0 Å². The molecule has 0 fully saturated rings. The molecule has 0 aliphatic heterocycles. The van der Waals surface area contributed by atoms with Crippen LogP contribution in [-0.4, -0.2) is 36.3 Å². The van der Waals surface area contributed by atoms with Gasteiger partial charge in [-0.05, 0) is 18.2 Å². The molecule has 10 heteroatoms. The first kappa shape index (κ1) is 20.6. The van der Waals surface area contributed by atoms with Crippen LogP contribution in [0.2, 0.25) is 4.34 Å². The number of pyridine rings is 1. The summed E-state index contributed by atoms with van der Waals surface area (Å²) in [6, 6.07) is 5.96. The Balaban J connectivity index is 2.14. The highest BCUT2D eigenvalue weighted by atomic mass is 35.5. The van der Waals surface area contributed by atoms with Crippen molar-refractivity contribution >= 4 is 38.9 Å². The molecule has 0 atom stereocenters. The Morgan fingerprint density at radius 1 is 1.23 bits per heavy atom. The van der Waals surface area contributed by atoms with Crippen molar-refractivity contribution in [3.05, 3.63) is 50.0 Å². The van der Waals surface area contributed by atoms with Crippen molar-refractivity contribution in [3.63, 3.8) is 0 Å². The molecule has 7 nitrogen and oxygen atoms in total. The number of carbonyl (C=O) groups is 1. The molecule has 142 valence electrons. The van der Waals surface area contributed by atoms with Gasteiger partial charge in [-0.3, -0.25) is 9.59 Å². The number of thiophene rings is 1. The molecule has 0 saturated heterocycles. The third-order valence-corrected chi connectivity index (χ3v) is 6.97. The fraction of sp³-hybridized carbons (Fsp3) is 0.375. The van der Waals surface area contributed by atoms with Gasteiger partial charge in [0.25, 0.3) is 5.56 Å². The number of amides is 1. The van der Waals surface area contributed by atoms with Gasteiger partial charge in [0.05, 0.1) is 15.8 Å². The van der Waals surface area contributed by atoms with E-state index in [0.29, 0.717) is 24.0 Å². The van der Waals surface area contributed by atoms with Crippen molar-refractivity contribution in [2.24, 2.45) is 0 Å². The Morgan fingerprint density at radius 2 is 1.92 bits per heavy atom. The second kappa shape index (κ2) is 8.81. The van der Waals surface area contributed by atoms with E-state index in [0.717, 1.165) is 15.5 Å². The van der Waals surface area contributed by atoms with Crippen LogP contribution in [0.3, 0.4) is 0 Å². The third-order valence-electron chi connectivity index (χ3n) is 3.70. The number of nitrogens with one attached hydrogen (secondary N) is 1. The van der Waals surface area contributed by atoms with E-state index in [-0.39, 0.29) is 11.4 Å². The van der Waals surface area contributed by atoms with Crippen LogP contribution in [0.1, 0.15) is 18.7 Å². The van der Waals surface area contributed by atoms with Gasteiger partial charge in [-0.2, -0.15) is 4.31 Å². The zero-order chi connectivity index (χ0) is 19.3. The van der Waals surface area contributed by atoms with Crippen LogP contribution in [-0.2, 0) is 27.9 Å². The van der Waals surface area contributed by atoms with Gasteiger partial charge in [-0.1, -0.05) is 25.4 Å². The van der Waals surface area contributed by atoms with Crippen LogP contribution in [0, 0.1) is 0 Å². The lowest BCUT2D eigenvalue weighted by molar-refractivity contribution is -0.121. The maximum Gasteiger partial charge on any atom is 0.251 e. The van der Waals surface area contributed by atoms with E-state index in [1.807, 2.05) is 0 Å². The molecule has 0 aliphatic carbocycles.